The SMILES string of the molecule is CSc1ccccc1CNC(=O)c1csc(CNC(=O)COc2ccc(OC(F)(F)F)cc2)n1. The zero-order valence-corrected chi connectivity index (χ0v) is 19.5. The van der Waals surface area contributed by atoms with Crippen molar-refractivity contribution in [2.75, 3.05) is 12.9 Å². The van der Waals surface area contributed by atoms with E-state index >= 15 is 0 Å². The van der Waals surface area contributed by atoms with Crippen molar-refractivity contribution in [1.29, 1.82) is 0 Å². The first-order valence-electron chi connectivity index (χ1n) is 9.83. The highest BCUT2D eigenvalue weighted by molar-refractivity contribution is 7.98. The standard InChI is InChI=1S/C22H20F3N3O4S2/c1-33-18-5-3-2-4-14(18)10-27-21(30)17-13-34-20(28-17)11-26-19(29)12-31-15-6-8-16(9-7-15)32-22(23,24)25/h2-9,13H,10-12H2,1H3,(H,26,29)(H,27,30). The second kappa shape index (κ2) is 11.7. The number of nitrogens with zero attached hydrogens (tertiary/aromatic N) is 1. The Balaban J connectivity index is 1.41. The molecule has 0 saturated heterocycles. The number of aromatic nitrogens is 1. The number of carbonyl (C=O) groups is 2. The van der Waals surface area contributed by atoms with Crippen LogP contribution in [0.2, 0.25) is 0 Å². The van der Waals surface area contributed by atoms with Crippen LogP contribution in [0.4, 0.5) is 13.2 Å². The number of hydrogen-bond donors (Lipinski definition) is 2. The second-order valence-corrected chi connectivity index (χ2v) is 8.50. The van der Waals surface area contributed by atoms with Crippen LogP contribution in [0.5, 0.6) is 11.5 Å². The summed E-state index contributed by atoms with van der Waals surface area (Å²) < 4.78 is 45.5. The third-order valence-corrected chi connectivity index (χ3v) is 5.97. The Morgan fingerprint density at radius 3 is 2.44 bits per heavy atom. The average molecular weight is 512 g/mol. The maximum Gasteiger partial charge on any atom is 0.573 e. The van der Waals surface area contributed by atoms with E-state index in [1.54, 1.807) is 17.1 Å². The van der Waals surface area contributed by atoms with Gasteiger partial charge in [-0.2, -0.15) is 0 Å². The van der Waals surface area contributed by atoms with Crippen molar-refractivity contribution >= 4 is 34.9 Å². The lowest BCUT2D eigenvalue weighted by Gasteiger charge is -2.10. The molecule has 0 aliphatic heterocycles. The predicted molar refractivity (Wildman–Crippen MR) is 122 cm³/mol. The van der Waals surface area contributed by atoms with Crippen LogP contribution < -0.4 is 20.1 Å². The Labute approximate surface area is 201 Å². The number of ether oxygens (including phenoxy) is 2. The molecule has 0 aliphatic carbocycles. The Bertz CT molecular complexity index is 1120. The summed E-state index contributed by atoms with van der Waals surface area (Å²) in [5.74, 6) is -0.946. The monoisotopic (exact) mass is 511 g/mol. The molecular weight excluding hydrogens is 491 g/mol. The molecule has 0 aliphatic rings. The molecule has 1 heterocycles. The van der Waals surface area contributed by atoms with Crippen LogP contribution in [-0.4, -0.2) is 36.0 Å². The van der Waals surface area contributed by atoms with Crippen molar-refractivity contribution in [3.8, 4) is 11.5 Å². The minimum absolute atomic E-state index is 0.105. The number of rotatable bonds is 10. The summed E-state index contributed by atoms with van der Waals surface area (Å²) in [4.78, 5) is 29.7. The summed E-state index contributed by atoms with van der Waals surface area (Å²) in [5.41, 5.74) is 1.27. The fourth-order valence-corrected chi connectivity index (χ4v) is 4.05. The molecule has 3 rings (SSSR count). The third-order valence-electron chi connectivity index (χ3n) is 4.28. The lowest BCUT2D eigenvalue weighted by Crippen LogP contribution is -2.28. The van der Waals surface area contributed by atoms with Gasteiger partial charge in [0.15, 0.2) is 6.61 Å². The smallest absolute Gasteiger partial charge is 0.484 e. The lowest BCUT2D eigenvalue weighted by molar-refractivity contribution is -0.274. The molecule has 0 spiro atoms. The number of amides is 2. The first kappa shape index (κ1) is 25.4. The molecule has 7 nitrogen and oxygen atoms in total. The number of thiazole rings is 1. The van der Waals surface area contributed by atoms with E-state index in [1.165, 1.54) is 23.5 Å². The largest absolute Gasteiger partial charge is 0.573 e. The molecule has 2 N–H and O–H groups in total. The highest BCUT2D eigenvalue weighted by Gasteiger charge is 2.31. The summed E-state index contributed by atoms with van der Waals surface area (Å²) in [6.45, 7) is 0.140. The fraction of sp³-hybridized carbons (Fsp3) is 0.227. The molecule has 2 amide bonds. The van der Waals surface area contributed by atoms with Crippen LogP contribution in [0.25, 0.3) is 0 Å². The van der Waals surface area contributed by atoms with Crippen molar-refractivity contribution in [1.82, 2.24) is 15.6 Å². The van der Waals surface area contributed by atoms with E-state index < -0.39 is 12.3 Å². The van der Waals surface area contributed by atoms with E-state index in [0.717, 1.165) is 22.6 Å². The van der Waals surface area contributed by atoms with E-state index in [-0.39, 0.29) is 36.3 Å². The second-order valence-electron chi connectivity index (χ2n) is 6.71. The van der Waals surface area contributed by atoms with Crippen molar-refractivity contribution in [2.45, 2.75) is 24.3 Å². The average Bonchev–Trinajstić information content (AvgIpc) is 3.29. The highest BCUT2D eigenvalue weighted by Crippen LogP contribution is 2.24. The lowest BCUT2D eigenvalue weighted by atomic mass is 10.2. The van der Waals surface area contributed by atoms with Gasteiger partial charge in [0.25, 0.3) is 11.8 Å². The number of nitrogens with one attached hydrogen (secondary N) is 2. The molecule has 0 radical (unpaired) electrons. The van der Waals surface area contributed by atoms with E-state index in [1.807, 2.05) is 30.5 Å². The van der Waals surface area contributed by atoms with Crippen molar-refractivity contribution in [3.05, 3.63) is 70.2 Å². The van der Waals surface area contributed by atoms with Crippen molar-refractivity contribution in [3.63, 3.8) is 0 Å². The Morgan fingerprint density at radius 1 is 1.03 bits per heavy atom. The van der Waals surface area contributed by atoms with Gasteiger partial charge >= 0.3 is 6.36 Å². The molecule has 34 heavy (non-hydrogen) atoms. The normalized spacial score (nSPS) is 11.1. The Morgan fingerprint density at radius 2 is 1.74 bits per heavy atom. The number of hydrogen-bond acceptors (Lipinski definition) is 7. The van der Waals surface area contributed by atoms with Crippen LogP contribution in [0, 0.1) is 0 Å². The van der Waals surface area contributed by atoms with Gasteiger partial charge in [-0.1, -0.05) is 18.2 Å². The predicted octanol–water partition coefficient (Wildman–Crippen LogP) is 4.39. The summed E-state index contributed by atoms with van der Waals surface area (Å²) >= 11 is 2.83. The summed E-state index contributed by atoms with van der Waals surface area (Å²) in [6, 6.07) is 12.5. The van der Waals surface area contributed by atoms with Crippen molar-refractivity contribution < 1.29 is 32.2 Å². The molecule has 180 valence electrons. The maximum atomic E-state index is 12.4. The molecule has 0 atom stereocenters. The molecule has 0 unspecified atom stereocenters. The number of carbonyl (C=O) groups excluding carboxylic acids is 2. The molecule has 0 fully saturated rings. The van der Waals surface area contributed by atoms with Crippen LogP contribution in [0.1, 0.15) is 21.1 Å². The first-order valence-corrected chi connectivity index (χ1v) is 11.9. The topological polar surface area (TPSA) is 89.6 Å². The van der Waals surface area contributed by atoms with Gasteiger partial charge in [0.2, 0.25) is 0 Å². The number of benzene rings is 2. The van der Waals surface area contributed by atoms with Gasteiger partial charge in [0.05, 0.1) is 6.54 Å². The molecule has 12 heteroatoms. The molecular formula is C22H20F3N3O4S2. The summed E-state index contributed by atoms with van der Waals surface area (Å²) in [5, 5.41) is 7.60. The Kier molecular flexibility index (Phi) is 8.77. The molecule has 0 saturated carbocycles. The quantitative estimate of drug-likeness (QED) is 0.393. The van der Waals surface area contributed by atoms with Crippen LogP contribution in [0.3, 0.4) is 0 Å². The van der Waals surface area contributed by atoms with Crippen LogP contribution in [-0.2, 0) is 17.9 Å². The van der Waals surface area contributed by atoms with Crippen LogP contribution >= 0.6 is 23.1 Å². The van der Waals surface area contributed by atoms with Gasteiger partial charge in [-0.15, -0.1) is 36.3 Å². The summed E-state index contributed by atoms with van der Waals surface area (Å²) in [7, 11) is 0. The molecule has 2 aromatic carbocycles. The molecule has 0 bridgehead atoms. The van der Waals surface area contributed by atoms with E-state index in [9.17, 15) is 22.8 Å². The first-order chi connectivity index (χ1) is 16.2. The highest BCUT2D eigenvalue weighted by atomic mass is 32.2. The van der Waals surface area contributed by atoms with E-state index in [2.05, 4.69) is 20.4 Å². The van der Waals surface area contributed by atoms with Gasteiger partial charge in [0, 0.05) is 16.8 Å². The Hall–Kier alpha value is -3.25. The zero-order valence-electron chi connectivity index (χ0n) is 17.8. The van der Waals surface area contributed by atoms with Crippen molar-refractivity contribution in [2.24, 2.45) is 0 Å². The number of alkyl halides is 3. The van der Waals surface area contributed by atoms with Gasteiger partial charge < -0.3 is 20.1 Å². The van der Waals surface area contributed by atoms with E-state index in [4.69, 9.17) is 4.74 Å². The number of halogens is 3. The van der Waals surface area contributed by atoms with Gasteiger partial charge in [-0.05, 0) is 42.2 Å². The van der Waals surface area contributed by atoms with Gasteiger partial charge in [-0.3, -0.25) is 9.59 Å². The minimum Gasteiger partial charge on any atom is -0.484 e. The van der Waals surface area contributed by atoms with E-state index in [0.29, 0.717) is 11.6 Å². The third kappa shape index (κ3) is 7.96. The fourth-order valence-electron chi connectivity index (χ4n) is 2.72. The maximum absolute atomic E-state index is 12.4. The van der Waals surface area contributed by atoms with Gasteiger partial charge in [0.1, 0.15) is 22.2 Å². The summed E-state index contributed by atoms with van der Waals surface area (Å²) in [6.07, 6.45) is -2.81. The zero-order chi connectivity index (χ0) is 24.6. The molecule has 1 aromatic heterocycles. The molecule has 3 aromatic rings. The number of thioether (sulfide) groups is 1. The minimum atomic E-state index is -4.78. The van der Waals surface area contributed by atoms with Crippen LogP contribution in [0.15, 0.2) is 58.8 Å². The van der Waals surface area contributed by atoms with Gasteiger partial charge in [-0.25, -0.2) is 4.98 Å².